The molecule has 1 saturated carbocycles. The van der Waals surface area contributed by atoms with Gasteiger partial charge in [-0.1, -0.05) is 35.9 Å². The van der Waals surface area contributed by atoms with Crippen LogP contribution in [0.3, 0.4) is 0 Å². The van der Waals surface area contributed by atoms with Gasteiger partial charge in [-0.2, -0.15) is 0 Å². The molecule has 1 heterocycles. The van der Waals surface area contributed by atoms with Gasteiger partial charge in [0.15, 0.2) is 11.6 Å². The molecule has 2 N–H and O–H groups in total. The molecule has 34 heavy (non-hydrogen) atoms. The number of nitrogens with one attached hydrogen (secondary N) is 1. The lowest BCUT2D eigenvalue weighted by molar-refractivity contribution is 0.0929. The summed E-state index contributed by atoms with van der Waals surface area (Å²) in [6.45, 7) is 1.45. The number of rotatable bonds is 10. The SMILES string of the molecule is CC(=O)c1nc(-c2ccc(C[C@@H](CCO)NC(=O)c3ccc(OC4CC4)c(Cl)c3)cc2)cn1C. The number of aliphatic hydroxyl groups is 1. The molecule has 0 bridgehead atoms. The van der Waals surface area contributed by atoms with Crippen LogP contribution in [-0.4, -0.2) is 45.1 Å². The fraction of sp³-hybridized carbons (Fsp3) is 0.346. The van der Waals surface area contributed by atoms with Crippen LogP contribution in [0.1, 0.15) is 52.7 Å². The van der Waals surface area contributed by atoms with Crippen molar-refractivity contribution >= 4 is 23.3 Å². The van der Waals surface area contributed by atoms with Gasteiger partial charge in [0.25, 0.3) is 5.91 Å². The van der Waals surface area contributed by atoms with E-state index in [1.165, 1.54) is 6.92 Å². The minimum Gasteiger partial charge on any atom is -0.489 e. The van der Waals surface area contributed by atoms with Crippen LogP contribution in [-0.2, 0) is 13.5 Å². The maximum atomic E-state index is 12.8. The molecule has 3 aromatic rings. The number of imidazole rings is 1. The Hall–Kier alpha value is -3.16. The van der Waals surface area contributed by atoms with E-state index in [2.05, 4.69) is 10.3 Å². The van der Waals surface area contributed by atoms with Gasteiger partial charge in [0.2, 0.25) is 0 Å². The van der Waals surface area contributed by atoms with Crippen molar-refractivity contribution < 1.29 is 19.4 Å². The predicted octanol–water partition coefficient (Wildman–Crippen LogP) is 4.21. The highest BCUT2D eigenvalue weighted by molar-refractivity contribution is 6.32. The van der Waals surface area contributed by atoms with Crippen molar-refractivity contribution in [3.63, 3.8) is 0 Å². The van der Waals surface area contributed by atoms with Crippen molar-refractivity contribution in [2.24, 2.45) is 7.05 Å². The summed E-state index contributed by atoms with van der Waals surface area (Å²) in [4.78, 5) is 28.9. The Morgan fingerprint density at radius 2 is 1.97 bits per heavy atom. The highest BCUT2D eigenvalue weighted by Crippen LogP contribution is 2.32. The number of aryl methyl sites for hydroxylation is 1. The molecule has 0 radical (unpaired) electrons. The van der Waals surface area contributed by atoms with E-state index < -0.39 is 0 Å². The number of carbonyl (C=O) groups is 2. The van der Waals surface area contributed by atoms with Crippen LogP contribution >= 0.6 is 11.6 Å². The minimum atomic E-state index is -0.250. The van der Waals surface area contributed by atoms with Crippen molar-refractivity contribution in [2.45, 2.75) is 44.8 Å². The van der Waals surface area contributed by atoms with E-state index in [9.17, 15) is 14.7 Å². The molecule has 178 valence electrons. The van der Waals surface area contributed by atoms with Crippen LogP contribution in [0.5, 0.6) is 5.75 Å². The Bertz CT molecular complexity index is 1190. The molecule has 1 fully saturated rings. The largest absolute Gasteiger partial charge is 0.489 e. The Labute approximate surface area is 203 Å². The summed E-state index contributed by atoms with van der Waals surface area (Å²) in [6.07, 6.45) is 5.10. The second kappa shape index (κ2) is 10.4. The van der Waals surface area contributed by atoms with Gasteiger partial charge in [-0.3, -0.25) is 9.59 Å². The lowest BCUT2D eigenvalue weighted by Gasteiger charge is -2.18. The Morgan fingerprint density at radius 1 is 1.24 bits per heavy atom. The zero-order chi connectivity index (χ0) is 24.2. The number of Topliss-reactive ketones (excluding diaryl/α,β-unsaturated/α-hetero) is 1. The predicted molar refractivity (Wildman–Crippen MR) is 130 cm³/mol. The maximum absolute atomic E-state index is 12.8. The maximum Gasteiger partial charge on any atom is 0.251 e. The van der Waals surface area contributed by atoms with E-state index in [-0.39, 0.29) is 30.4 Å². The molecule has 4 rings (SSSR count). The molecule has 1 aliphatic rings. The number of ketones is 1. The van der Waals surface area contributed by atoms with Crippen molar-refractivity contribution in [3.8, 4) is 17.0 Å². The van der Waals surface area contributed by atoms with Gasteiger partial charge in [-0.25, -0.2) is 4.98 Å². The van der Waals surface area contributed by atoms with Crippen molar-refractivity contribution in [3.05, 3.63) is 70.6 Å². The Balaban J connectivity index is 1.41. The quantitative estimate of drug-likeness (QED) is 0.423. The fourth-order valence-electron chi connectivity index (χ4n) is 3.78. The minimum absolute atomic E-state index is 0.0420. The number of amides is 1. The van der Waals surface area contributed by atoms with E-state index in [1.807, 2.05) is 30.5 Å². The third kappa shape index (κ3) is 5.85. The number of ether oxygens (including phenoxy) is 1. The summed E-state index contributed by atoms with van der Waals surface area (Å²) >= 11 is 6.30. The second-order valence-corrected chi connectivity index (χ2v) is 9.07. The summed E-state index contributed by atoms with van der Waals surface area (Å²) in [5.74, 6) is 0.674. The lowest BCUT2D eigenvalue weighted by Crippen LogP contribution is -2.37. The van der Waals surface area contributed by atoms with Gasteiger partial charge in [-0.15, -0.1) is 0 Å². The van der Waals surface area contributed by atoms with E-state index in [0.717, 1.165) is 29.7 Å². The van der Waals surface area contributed by atoms with Crippen LogP contribution in [0, 0.1) is 0 Å². The van der Waals surface area contributed by atoms with Gasteiger partial charge < -0.3 is 19.7 Å². The molecule has 0 unspecified atom stereocenters. The molecule has 0 saturated heterocycles. The molecule has 1 amide bonds. The third-order valence-corrected chi connectivity index (χ3v) is 6.04. The smallest absolute Gasteiger partial charge is 0.251 e. The van der Waals surface area contributed by atoms with Crippen LogP contribution in [0.4, 0.5) is 0 Å². The first kappa shape index (κ1) is 24.0. The number of halogens is 1. The normalized spacial score (nSPS) is 14.0. The monoisotopic (exact) mass is 481 g/mol. The van der Waals surface area contributed by atoms with Crippen LogP contribution < -0.4 is 10.1 Å². The number of benzene rings is 2. The number of aromatic nitrogens is 2. The average molecular weight is 482 g/mol. The molecule has 1 aromatic heterocycles. The summed E-state index contributed by atoms with van der Waals surface area (Å²) in [6, 6.07) is 12.6. The summed E-state index contributed by atoms with van der Waals surface area (Å²) in [5.41, 5.74) is 3.09. The fourth-order valence-corrected chi connectivity index (χ4v) is 4.01. The summed E-state index contributed by atoms with van der Waals surface area (Å²) in [5, 5.41) is 12.9. The number of carbonyl (C=O) groups excluding carboxylic acids is 2. The molecule has 0 spiro atoms. The number of hydrogen-bond acceptors (Lipinski definition) is 5. The zero-order valence-electron chi connectivity index (χ0n) is 19.3. The first-order chi connectivity index (χ1) is 16.3. The molecule has 1 atom stereocenters. The number of hydrogen-bond donors (Lipinski definition) is 2. The topological polar surface area (TPSA) is 93.4 Å². The Morgan fingerprint density at radius 3 is 2.56 bits per heavy atom. The highest BCUT2D eigenvalue weighted by Gasteiger charge is 2.25. The molecule has 7 nitrogen and oxygen atoms in total. The first-order valence-corrected chi connectivity index (χ1v) is 11.7. The first-order valence-electron chi connectivity index (χ1n) is 11.4. The molecule has 8 heteroatoms. The van der Waals surface area contributed by atoms with Crippen LogP contribution in [0.25, 0.3) is 11.3 Å². The van der Waals surface area contributed by atoms with Crippen LogP contribution in [0.15, 0.2) is 48.7 Å². The van der Waals surface area contributed by atoms with E-state index >= 15 is 0 Å². The average Bonchev–Trinajstić information content (AvgIpc) is 3.54. The molecule has 2 aromatic carbocycles. The second-order valence-electron chi connectivity index (χ2n) is 8.66. The van der Waals surface area contributed by atoms with Gasteiger partial charge in [-0.05, 0) is 49.4 Å². The van der Waals surface area contributed by atoms with Gasteiger partial charge in [0.05, 0.1) is 16.8 Å². The molecule has 0 aliphatic heterocycles. The number of nitrogens with zero attached hydrogens (tertiary/aromatic N) is 2. The Kier molecular flexibility index (Phi) is 7.34. The van der Waals surface area contributed by atoms with E-state index in [4.69, 9.17) is 16.3 Å². The number of aliphatic hydroxyl groups excluding tert-OH is 1. The van der Waals surface area contributed by atoms with E-state index in [0.29, 0.717) is 35.0 Å². The lowest BCUT2D eigenvalue weighted by atomic mass is 10.0. The highest BCUT2D eigenvalue weighted by atomic mass is 35.5. The van der Waals surface area contributed by atoms with E-state index in [1.54, 1.807) is 29.8 Å². The van der Waals surface area contributed by atoms with Crippen molar-refractivity contribution in [2.75, 3.05) is 6.61 Å². The summed E-state index contributed by atoms with van der Waals surface area (Å²) in [7, 11) is 1.80. The van der Waals surface area contributed by atoms with Crippen molar-refractivity contribution in [1.82, 2.24) is 14.9 Å². The third-order valence-electron chi connectivity index (χ3n) is 5.75. The molecular weight excluding hydrogens is 454 g/mol. The summed E-state index contributed by atoms with van der Waals surface area (Å²) < 4.78 is 7.45. The molecular formula is C26H28ClN3O4. The van der Waals surface area contributed by atoms with Gasteiger partial charge in [0, 0.05) is 43.9 Å². The zero-order valence-corrected chi connectivity index (χ0v) is 20.0. The van der Waals surface area contributed by atoms with Crippen molar-refractivity contribution in [1.29, 1.82) is 0 Å². The van der Waals surface area contributed by atoms with Crippen LogP contribution in [0.2, 0.25) is 5.02 Å². The standard InChI is InChI=1S/C26H28ClN3O4/c1-16(32)25-29-23(15-30(25)2)18-5-3-17(4-6-18)13-20(11-12-31)28-26(33)19-7-10-24(22(27)14-19)34-21-8-9-21/h3-7,10,14-15,20-21,31H,8-9,11-13H2,1-2H3,(H,28,33)/t20-/m1/s1. The molecule has 1 aliphatic carbocycles. The van der Waals surface area contributed by atoms with Gasteiger partial charge >= 0.3 is 0 Å². The van der Waals surface area contributed by atoms with Gasteiger partial charge in [0.1, 0.15) is 5.75 Å².